The molecule has 530 valence electrons. The van der Waals surface area contributed by atoms with E-state index in [2.05, 4.69) is 86.8 Å². The molecule has 0 heterocycles. The topological polar surface area (TPSA) is 108 Å². The number of hydrogen-bond acceptors (Lipinski definition) is 7. The van der Waals surface area contributed by atoms with Crippen LogP contribution in [0.5, 0.6) is 0 Å². The Bertz CT molecular complexity index is 1730. The van der Waals surface area contributed by atoms with Crippen LogP contribution in [0.3, 0.4) is 0 Å². The first-order valence-electron chi connectivity index (χ1n) is 39.1. The van der Waals surface area contributed by atoms with E-state index in [9.17, 15) is 19.5 Å². The van der Waals surface area contributed by atoms with Crippen LogP contribution in [0.25, 0.3) is 0 Å². The molecule has 0 amide bonds. The number of carboxylic acid groups (broad SMARTS) is 1. The summed E-state index contributed by atoms with van der Waals surface area (Å²) in [5.41, 5.74) is 0. The molecule has 0 aliphatic rings. The van der Waals surface area contributed by atoms with E-state index in [0.717, 1.165) is 70.6 Å². The molecule has 2 atom stereocenters. The van der Waals surface area contributed by atoms with Gasteiger partial charge in [-0.15, -0.1) is 0 Å². The smallest absolute Gasteiger partial charge is 0.361 e. The average Bonchev–Trinajstić information content (AvgIpc) is 3.66. The number of likely N-dealkylation sites (N-methyl/N-ethyl adjacent to an activating group) is 1. The highest BCUT2D eigenvalue weighted by atomic mass is 16.7. The average molecular weight is 1280 g/mol. The minimum Gasteiger partial charge on any atom is -0.477 e. The second-order valence-corrected chi connectivity index (χ2v) is 27.6. The summed E-state index contributed by atoms with van der Waals surface area (Å²) >= 11 is 0. The molecule has 0 spiro atoms. The number of ether oxygens (including phenoxy) is 4. The number of unbranched alkanes of at least 4 members (excludes halogenated alkanes) is 46. The summed E-state index contributed by atoms with van der Waals surface area (Å²) in [6.45, 7) is 4.81. The predicted molar refractivity (Wildman–Crippen MR) is 392 cm³/mol. The van der Waals surface area contributed by atoms with E-state index in [1.807, 2.05) is 21.1 Å². The van der Waals surface area contributed by atoms with Crippen LogP contribution in [-0.4, -0.2) is 87.4 Å². The number of hydrogen-bond donors (Lipinski definition) is 1. The van der Waals surface area contributed by atoms with Crippen molar-refractivity contribution in [2.75, 3.05) is 47.5 Å². The standard InChI is InChI=1S/C82H149NO8/c1-6-8-10-12-14-16-18-20-22-24-26-28-30-32-34-36-37-38-39-40-41-42-43-45-46-48-50-52-54-56-58-60-62-64-66-68-70-72-79(84)89-76-78(77-90-82(81(86)87)88-75-74-83(3,4)5)91-80(85)73-71-69-67-65-63-61-59-57-55-53-51-49-47-44-35-33-31-29-27-25-23-21-19-17-15-13-11-9-7-2/h9,11,15,17-18,20-21,23-24,26-27,29,78,82H,6-8,10,12-14,16,19,22,25,28,30-77H2,1-5H3/p+1/b11-9-,17-15-,20-18-,23-21-,26-24-,29-27-. The molecule has 0 rings (SSSR count). The summed E-state index contributed by atoms with van der Waals surface area (Å²) < 4.78 is 23.0. The minimum absolute atomic E-state index is 0.179. The molecule has 0 aliphatic heterocycles. The van der Waals surface area contributed by atoms with Gasteiger partial charge in [0, 0.05) is 12.8 Å². The van der Waals surface area contributed by atoms with E-state index in [4.69, 9.17) is 18.9 Å². The Hall–Kier alpha value is -3.27. The van der Waals surface area contributed by atoms with Gasteiger partial charge in [0.25, 0.3) is 6.29 Å². The summed E-state index contributed by atoms with van der Waals surface area (Å²) in [4.78, 5) is 37.7. The lowest BCUT2D eigenvalue weighted by Gasteiger charge is -2.25. The lowest BCUT2D eigenvalue weighted by molar-refractivity contribution is -0.870. The summed E-state index contributed by atoms with van der Waals surface area (Å²) in [6, 6.07) is 0. The second-order valence-electron chi connectivity index (χ2n) is 27.6. The predicted octanol–water partition coefficient (Wildman–Crippen LogP) is 24.8. The van der Waals surface area contributed by atoms with Gasteiger partial charge in [-0.25, -0.2) is 4.79 Å². The first-order chi connectivity index (χ1) is 44.6. The molecule has 0 aromatic carbocycles. The molecule has 2 unspecified atom stereocenters. The van der Waals surface area contributed by atoms with Crippen molar-refractivity contribution < 1.29 is 42.9 Å². The fourth-order valence-corrected chi connectivity index (χ4v) is 11.5. The summed E-state index contributed by atoms with van der Waals surface area (Å²) in [5, 5.41) is 9.77. The van der Waals surface area contributed by atoms with Crippen molar-refractivity contribution >= 4 is 17.9 Å². The highest BCUT2D eigenvalue weighted by molar-refractivity contribution is 5.71. The number of carbonyl (C=O) groups is 3. The SMILES string of the molecule is CC/C=C\C/C=C\C/C=C\C/C=C\CCCCCCCCCCCCCCCCCCC(=O)OC(COC(=O)CCCCCCCCCCCCCCCCCCCCCCCCCCC/C=C\C/C=C\CCCCCCC)COC(OCC[N+](C)(C)C)C(=O)O. The molecule has 0 saturated carbocycles. The molecule has 9 nitrogen and oxygen atoms in total. The quantitative estimate of drug-likeness (QED) is 0.0211. The maximum absolute atomic E-state index is 13.0. The maximum Gasteiger partial charge on any atom is 0.361 e. The Morgan fingerprint density at radius 3 is 0.934 bits per heavy atom. The number of quaternary nitrogens is 1. The largest absolute Gasteiger partial charge is 0.477 e. The summed E-state index contributed by atoms with van der Waals surface area (Å²) in [7, 11) is 5.99. The normalized spacial score (nSPS) is 13.0. The van der Waals surface area contributed by atoms with Crippen LogP contribution >= 0.6 is 0 Å². The summed E-state index contributed by atoms with van der Waals surface area (Å²) in [6.07, 6.45) is 94.8. The minimum atomic E-state index is -1.51. The number of carboxylic acids is 1. The van der Waals surface area contributed by atoms with Crippen LogP contribution in [0, 0.1) is 0 Å². The third kappa shape index (κ3) is 74.0. The lowest BCUT2D eigenvalue weighted by Crippen LogP contribution is -2.40. The highest BCUT2D eigenvalue weighted by Gasteiger charge is 2.25. The number of esters is 2. The number of nitrogens with zero attached hydrogens (tertiary/aromatic N) is 1. The zero-order chi connectivity index (χ0) is 66.1. The van der Waals surface area contributed by atoms with E-state index in [0.29, 0.717) is 17.4 Å². The number of carbonyl (C=O) groups excluding carboxylic acids is 2. The van der Waals surface area contributed by atoms with Gasteiger partial charge in [-0.05, 0) is 83.5 Å². The van der Waals surface area contributed by atoms with Crippen molar-refractivity contribution in [2.24, 2.45) is 0 Å². The van der Waals surface area contributed by atoms with Gasteiger partial charge in [-0.3, -0.25) is 9.59 Å². The third-order valence-corrected chi connectivity index (χ3v) is 17.4. The molecule has 1 N–H and O–H groups in total. The molecule has 9 heteroatoms. The fraction of sp³-hybridized carbons (Fsp3) is 0.817. The molecule has 0 saturated heterocycles. The molecular formula is C82H150NO8+. The summed E-state index contributed by atoms with van der Waals surface area (Å²) in [5.74, 6) is -1.98. The van der Waals surface area contributed by atoms with Gasteiger partial charge in [0.15, 0.2) is 6.10 Å². The number of allylic oxidation sites excluding steroid dienone is 12. The van der Waals surface area contributed by atoms with E-state index in [1.165, 1.54) is 276 Å². The molecular weight excluding hydrogens is 1130 g/mol. The molecule has 0 aliphatic carbocycles. The monoisotopic (exact) mass is 1280 g/mol. The van der Waals surface area contributed by atoms with Gasteiger partial charge in [-0.2, -0.15) is 0 Å². The van der Waals surface area contributed by atoms with Gasteiger partial charge in [-0.1, -0.05) is 350 Å². The molecule has 0 aromatic heterocycles. The van der Waals surface area contributed by atoms with E-state index in [-0.39, 0.29) is 38.2 Å². The van der Waals surface area contributed by atoms with Crippen molar-refractivity contribution in [3.8, 4) is 0 Å². The van der Waals surface area contributed by atoms with Crippen LogP contribution in [0.15, 0.2) is 72.9 Å². The Morgan fingerprint density at radius 1 is 0.341 bits per heavy atom. The van der Waals surface area contributed by atoms with Gasteiger partial charge < -0.3 is 28.5 Å². The van der Waals surface area contributed by atoms with Crippen LogP contribution < -0.4 is 0 Å². The zero-order valence-electron chi connectivity index (χ0n) is 60.8. The Balaban J connectivity index is 3.98. The van der Waals surface area contributed by atoms with Gasteiger partial charge in [0.1, 0.15) is 13.2 Å². The Morgan fingerprint density at radius 2 is 0.626 bits per heavy atom. The maximum atomic E-state index is 13.0. The van der Waals surface area contributed by atoms with Crippen LogP contribution in [0.4, 0.5) is 0 Å². The molecule has 0 radical (unpaired) electrons. The molecule has 0 fully saturated rings. The van der Waals surface area contributed by atoms with Crippen molar-refractivity contribution in [3.63, 3.8) is 0 Å². The second kappa shape index (κ2) is 72.6. The van der Waals surface area contributed by atoms with Crippen LogP contribution in [0.1, 0.15) is 373 Å². The van der Waals surface area contributed by atoms with Crippen molar-refractivity contribution in [1.29, 1.82) is 0 Å². The first kappa shape index (κ1) is 87.7. The van der Waals surface area contributed by atoms with Gasteiger partial charge in [0.05, 0.1) is 34.4 Å². The van der Waals surface area contributed by atoms with Crippen molar-refractivity contribution in [2.45, 2.75) is 386 Å². The third-order valence-electron chi connectivity index (χ3n) is 17.4. The van der Waals surface area contributed by atoms with Crippen molar-refractivity contribution in [3.05, 3.63) is 72.9 Å². The van der Waals surface area contributed by atoms with Gasteiger partial charge >= 0.3 is 17.9 Å². The van der Waals surface area contributed by atoms with Crippen LogP contribution in [0.2, 0.25) is 0 Å². The first-order valence-corrected chi connectivity index (χ1v) is 39.1. The zero-order valence-corrected chi connectivity index (χ0v) is 60.8. The van der Waals surface area contributed by atoms with Gasteiger partial charge in [0.2, 0.25) is 0 Å². The lowest BCUT2D eigenvalue weighted by atomic mass is 10.0. The molecule has 91 heavy (non-hydrogen) atoms. The van der Waals surface area contributed by atoms with E-state index >= 15 is 0 Å². The Kier molecular flexibility index (Phi) is 69.9. The molecule has 0 bridgehead atoms. The molecule has 0 aromatic rings. The van der Waals surface area contributed by atoms with E-state index < -0.39 is 18.4 Å². The number of rotatable bonds is 73. The van der Waals surface area contributed by atoms with Crippen LogP contribution in [-0.2, 0) is 33.3 Å². The fourth-order valence-electron chi connectivity index (χ4n) is 11.5. The Labute approximate surface area is 564 Å². The number of aliphatic carboxylic acids is 1. The van der Waals surface area contributed by atoms with E-state index in [1.54, 1.807) is 0 Å². The highest BCUT2D eigenvalue weighted by Crippen LogP contribution is 2.19. The van der Waals surface area contributed by atoms with Crippen molar-refractivity contribution in [1.82, 2.24) is 0 Å².